The third kappa shape index (κ3) is 10.9. The van der Waals surface area contributed by atoms with Gasteiger partial charge in [0.1, 0.15) is 6.04 Å². The Bertz CT molecular complexity index is 1040. The van der Waals surface area contributed by atoms with E-state index in [0.29, 0.717) is 18.4 Å². The first kappa shape index (κ1) is 30.8. The summed E-state index contributed by atoms with van der Waals surface area (Å²) in [6.07, 6.45) is -1.80. The first-order valence-corrected chi connectivity index (χ1v) is 10.7. The van der Waals surface area contributed by atoms with Gasteiger partial charge in [0.05, 0.1) is 6.54 Å². The monoisotopic (exact) mass is 530 g/mol. The number of rotatable bonds is 11. The van der Waals surface area contributed by atoms with Crippen molar-refractivity contribution in [2.24, 2.45) is 5.73 Å². The SMILES string of the molecule is NCc1cccc(C(=O)NCC(=O)N[C@@H](CCCCN2C(=O)C=CC2=O)C(=O)O)c1.O=C(O)C(F)(F)F. The van der Waals surface area contributed by atoms with Crippen LogP contribution in [0.15, 0.2) is 36.4 Å². The Kier molecular flexibility index (Phi) is 11.9. The molecule has 1 heterocycles. The smallest absolute Gasteiger partial charge is 0.480 e. The zero-order valence-corrected chi connectivity index (χ0v) is 19.3. The Morgan fingerprint density at radius 2 is 1.62 bits per heavy atom. The molecule has 6 N–H and O–H groups in total. The summed E-state index contributed by atoms with van der Waals surface area (Å²) in [7, 11) is 0. The number of carbonyl (C=O) groups excluding carboxylic acids is 4. The number of hydrogen-bond donors (Lipinski definition) is 5. The van der Waals surface area contributed by atoms with Crippen molar-refractivity contribution < 1.29 is 52.2 Å². The molecule has 0 bridgehead atoms. The lowest BCUT2D eigenvalue weighted by Gasteiger charge is -2.16. The molecule has 15 heteroatoms. The molecule has 0 unspecified atom stereocenters. The number of nitrogens with two attached hydrogens (primary N) is 1. The summed E-state index contributed by atoms with van der Waals surface area (Å²) in [6, 6.07) is 5.50. The van der Waals surface area contributed by atoms with Crippen molar-refractivity contribution in [1.82, 2.24) is 15.5 Å². The van der Waals surface area contributed by atoms with Crippen LogP contribution in [0.1, 0.15) is 35.2 Å². The van der Waals surface area contributed by atoms with E-state index in [2.05, 4.69) is 10.6 Å². The van der Waals surface area contributed by atoms with E-state index >= 15 is 0 Å². The highest BCUT2D eigenvalue weighted by Crippen LogP contribution is 2.13. The molecular weight excluding hydrogens is 505 g/mol. The molecule has 2 rings (SSSR count). The van der Waals surface area contributed by atoms with Gasteiger partial charge in [-0.25, -0.2) is 9.59 Å². The van der Waals surface area contributed by atoms with Crippen LogP contribution in [0.25, 0.3) is 0 Å². The molecule has 1 atom stereocenters. The third-order valence-electron chi connectivity index (χ3n) is 4.74. The second-order valence-electron chi connectivity index (χ2n) is 7.51. The number of amides is 4. The van der Waals surface area contributed by atoms with Gasteiger partial charge in [-0.2, -0.15) is 13.2 Å². The number of aliphatic carboxylic acids is 2. The zero-order valence-electron chi connectivity index (χ0n) is 19.3. The summed E-state index contributed by atoms with van der Waals surface area (Å²) in [6.45, 7) is 0.0826. The van der Waals surface area contributed by atoms with Crippen LogP contribution in [0.5, 0.6) is 0 Å². The van der Waals surface area contributed by atoms with Gasteiger partial charge in [-0.3, -0.25) is 24.1 Å². The molecule has 37 heavy (non-hydrogen) atoms. The number of benzene rings is 1. The molecular formula is C22H25F3N4O8. The van der Waals surface area contributed by atoms with Gasteiger partial charge in [-0.1, -0.05) is 12.1 Å². The average molecular weight is 530 g/mol. The van der Waals surface area contributed by atoms with Crippen molar-refractivity contribution in [3.8, 4) is 0 Å². The summed E-state index contributed by atoms with van der Waals surface area (Å²) in [4.78, 5) is 68.4. The number of halogens is 3. The normalized spacial score (nSPS) is 13.5. The summed E-state index contributed by atoms with van der Waals surface area (Å²) >= 11 is 0. The molecule has 0 saturated heterocycles. The Morgan fingerprint density at radius 3 is 2.14 bits per heavy atom. The Balaban J connectivity index is 0.000000856. The number of alkyl halides is 3. The highest BCUT2D eigenvalue weighted by molar-refractivity contribution is 6.12. The average Bonchev–Trinajstić information content (AvgIpc) is 3.16. The number of carboxylic acid groups (broad SMARTS) is 2. The topological polar surface area (TPSA) is 196 Å². The maximum Gasteiger partial charge on any atom is 0.490 e. The molecule has 0 aliphatic carbocycles. The van der Waals surface area contributed by atoms with Crippen LogP contribution < -0.4 is 16.4 Å². The quantitative estimate of drug-likeness (QED) is 0.196. The number of hydrogen-bond acceptors (Lipinski definition) is 7. The number of imide groups is 1. The number of unbranched alkanes of at least 4 members (excludes halogenated alkanes) is 1. The van der Waals surface area contributed by atoms with E-state index in [0.717, 1.165) is 10.5 Å². The van der Waals surface area contributed by atoms with Crippen molar-refractivity contribution in [2.45, 2.75) is 38.0 Å². The predicted molar refractivity (Wildman–Crippen MR) is 120 cm³/mol. The van der Waals surface area contributed by atoms with Crippen molar-refractivity contribution >= 4 is 35.6 Å². The maximum absolute atomic E-state index is 12.1. The lowest BCUT2D eigenvalue weighted by Crippen LogP contribution is -2.45. The Labute approximate surface area is 208 Å². The van der Waals surface area contributed by atoms with Gasteiger partial charge in [0, 0.05) is 30.8 Å². The van der Waals surface area contributed by atoms with E-state index < -0.39 is 47.8 Å². The first-order chi connectivity index (χ1) is 17.3. The second kappa shape index (κ2) is 14.3. The highest BCUT2D eigenvalue weighted by Gasteiger charge is 2.38. The fraction of sp³-hybridized carbons (Fsp3) is 0.364. The van der Waals surface area contributed by atoms with Gasteiger partial charge in [0.2, 0.25) is 5.91 Å². The van der Waals surface area contributed by atoms with E-state index in [1.165, 1.54) is 12.2 Å². The van der Waals surface area contributed by atoms with Crippen LogP contribution in [-0.4, -0.2) is 76.0 Å². The summed E-state index contributed by atoms with van der Waals surface area (Å²) in [5.74, 6) is -5.86. The maximum atomic E-state index is 12.1. The fourth-order valence-corrected chi connectivity index (χ4v) is 2.87. The number of nitrogens with zero attached hydrogens (tertiary/aromatic N) is 1. The summed E-state index contributed by atoms with van der Waals surface area (Å²) in [5.41, 5.74) is 6.65. The lowest BCUT2D eigenvalue weighted by molar-refractivity contribution is -0.192. The van der Waals surface area contributed by atoms with Gasteiger partial charge < -0.3 is 26.6 Å². The second-order valence-corrected chi connectivity index (χ2v) is 7.51. The van der Waals surface area contributed by atoms with Crippen LogP contribution in [-0.2, 0) is 30.5 Å². The minimum atomic E-state index is -5.08. The van der Waals surface area contributed by atoms with Gasteiger partial charge in [0.25, 0.3) is 17.7 Å². The Morgan fingerprint density at radius 1 is 1.03 bits per heavy atom. The minimum absolute atomic E-state index is 0.122. The van der Waals surface area contributed by atoms with Crippen LogP contribution >= 0.6 is 0 Å². The van der Waals surface area contributed by atoms with Gasteiger partial charge in [-0.15, -0.1) is 0 Å². The highest BCUT2D eigenvalue weighted by atomic mass is 19.4. The van der Waals surface area contributed by atoms with Gasteiger partial charge in [0.15, 0.2) is 0 Å². The molecule has 12 nitrogen and oxygen atoms in total. The molecule has 0 fully saturated rings. The van der Waals surface area contributed by atoms with Crippen molar-refractivity contribution in [3.63, 3.8) is 0 Å². The van der Waals surface area contributed by atoms with E-state index in [1.807, 2.05) is 0 Å². The molecule has 0 radical (unpaired) electrons. The number of carboxylic acids is 2. The minimum Gasteiger partial charge on any atom is -0.480 e. The summed E-state index contributed by atoms with van der Waals surface area (Å²) < 4.78 is 31.7. The molecule has 1 aliphatic rings. The van der Waals surface area contributed by atoms with E-state index in [-0.39, 0.29) is 26.1 Å². The van der Waals surface area contributed by atoms with Crippen molar-refractivity contribution in [2.75, 3.05) is 13.1 Å². The van der Waals surface area contributed by atoms with E-state index in [1.54, 1.807) is 24.3 Å². The largest absolute Gasteiger partial charge is 0.490 e. The molecule has 1 aromatic carbocycles. The zero-order chi connectivity index (χ0) is 28.2. The molecule has 0 aromatic heterocycles. The molecule has 1 aromatic rings. The molecule has 0 spiro atoms. The Hall–Kier alpha value is -4.27. The van der Waals surface area contributed by atoms with Gasteiger partial charge >= 0.3 is 18.1 Å². The molecule has 4 amide bonds. The number of carbonyl (C=O) groups is 6. The molecule has 0 saturated carbocycles. The predicted octanol–water partition coefficient (Wildman–Crippen LogP) is 0.173. The standard InChI is InChI=1S/C20H24N4O6.C2HF3O2/c21-11-13-4-3-5-14(10-13)19(28)22-12-16(25)23-15(20(29)30)6-1-2-9-24-17(26)7-8-18(24)27;3-2(4,5)1(6)7/h3-5,7-8,10,15H,1-2,6,9,11-12,21H2,(H,22,28)(H,23,25)(H,29,30);(H,6,7)/t15-;/m0./s1. The van der Waals surface area contributed by atoms with Crippen LogP contribution in [0.3, 0.4) is 0 Å². The number of nitrogens with one attached hydrogen (secondary N) is 2. The van der Waals surface area contributed by atoms with Gasteiger partial charge in [-0.05, 0) is 37.0 Å². The van der Waals surface area contributed by atoms with Crippen molar-refractivity contribution in [1.29, 1.82) is 0 Å². The van der Waals surface area contributed by atoms with E-state index in [4.69, 9.17) is 15.6 Å². The van der Waals surface area contributed by atoms with Crippen LogP contribution in [0.4, 0.5) is 13.2 Å². The van der Waals surface area contributed by atoms with Crippen LogP contribution in [0, 0.1) is 0 Å². The first-order valence-electron chi connectivity index (χ1n) is 10.7. The van der Waals surface area contributed by atoms with E-state index in [9.17, 15) is 42.3 Å². The molecule has 1 aliphatic heterocycles. The molecule has 202 valence electrons. The lowest BCUT2D eigenvalue weighted by atomic mass is 10.1. The van der Waals surface area contributed by atoms with Crippen LogP contribution in [0.2, 0.25) is 0 Å². The van der Waals surface area contributed by atoms with Crippen molar-refractivity contribution in [3.05, 3.63) is 47.5 Å². The fourth-order valence-electron chi connectivity index (χ4n) is 2.87. The third-order valence-corrected chi connectivity index (χ3v) is 4.74. The summed E-state index contributed by atoms with van der Waals surface area (Å²) in [5, 5.41) is 21.2.